The zero-order valence-electron chi connectivity index (χ0n) is 11.7. The van der Waals surface area contributed by atoms with E-state index in [0.29, 0.717) is 11.1 Å². The van der Waals surface area contributed by atoms with Gasteiger partial charge in [0.2, 0.25) is 0 Å². The number of aromatic nitrogens is 1. The third-order valence-electron chi connectivity index (χ3n) is 3.52. The molecule has 112 valence electrons. The van der Waals surface area contributed by atoms with Crippen LogP contribution in [-0.2, 0) is 0 Å². The second kappa shape index (κ2) is 5.99. The summed E-state index contributed by atoms with van der Waals surface area (Å²) in [6.45, 7) is 0.0133. The molecule has 0 saturated heterocycles. The van der Waals surface area contributed by atoms with E-state index in [1.165, 1.54) is 18.2 Å². The summed E-state index contributed by atoms with van der Waals surface area (Å²) in [6, 6.07) is 13.0. The highest BCUT2D eigenvalue weighted by atomic mass is 19.1. The van der Waals surface area contributed by atoms with E-state index >= 15 is 0 Å². The Morgan fingerprint density at radius 3 is 2.86 bits per heavy atom. The molecular formula is C17H15FN2O2. The maximum atomic E-state index is 13.1. The fourth-order valence-corrected chi connectivity index (χ4v) is 2.39. The van der Waals surface area contributed by atoms with Crippen LogP contribution in [0.1, 0.15) is 22.0 Å². The molecule has 0 radical (unpaired) electrons. The Labute approximate surface area is 126 Å². The van der Waals surface area contributed by atoms with Crippen molar-refractivity contribution in [3.63, 3.8) is 0 Å². The van der Waals surface area contributed by atoms with Crippen molar-refractivity contribution in [2.75, 3.05) is 6.54 Å². The summed E-state index contributed by atoms with van der Waals surface area (Å²) in [5, 5.41) is 13.6. The van der Waals surface area contributed by atoms with Gasteiger partial charge in [0.15, 0.2) is 0 Å². The quantitative estimate of drug-likeness (QED) is 0.693. The number of hydrogen-bond donors (Lipinski definition) is 3. The van der Waals surface area contributed by atoms with Gasteiger partial charge < -0.3 is 15.4 Å². The maximum Gasteiger partial charge on any atom is 0.253 e. The number of carbonyl (C=O) groups is 1. The molecule has 0 aliphatic rings. The van der Waals surface area contributed by atoms with Crippen molar-refractivity contribution >= 4 is 16.8 Å². The van der Waals surface area contributed by atoms with Crippen molar-refractivity contribution in [1.29, 1.82) is 0 Å². The average molecular weight is 298 g/mol. The smallest absolute Gasteiger partial charge is 0.253 e. The highest BCUT2D eigenvalue weighted by Gasteiger charge is 2.13. The lowest BCUT2D eigenvalue weighted by Crippen LogP contribution is -2.28. The molecule has 1 heterocycles. The first-order valence-corrected chi connectivity index (χ1v) is 6.93. The van der Waals surface area contributed by atoms with E-state index in [-0.39, 0.29) is 12.5 Å². The Morgan fingerprint density at radius 2 is 2.05 bits per heavy atom. The largest absolute Gasteiger partial charge is 0.387 e. The van der Waals surface area contributed by atoms with E-state index < -0.39 is 11.9 Å². The van der Waals surface area contributed by atoms with Gasteiger partial charge in [0.05, 0.1) is 17.2 Å². The Hall–Kier alpha value is -2.66. The van der Waals surface area contributed by atoms with Gasteiger partial charge in [-0.05, 0) is 29.8 Å². The number of nitrogens with one attached hydrogen (secondary N) is 2. The maximum absolute atomic E-state index is 13.1. The lowest BCUT2D eigenvalue weighted by atomic mass is 10.1. The van der Waals surface area contributed by atoms with Crippen LogP contribution in [0, 0.1) is 5.82 Å². The van der Waals surface area contributed by atoms with Crippen LogP contribution < -0.4 is 5.32 Å². The van der Waals surface area contributed by atoms with Gasteiger partial charge >= 0.3 is 0 Å². The minimum Gasteiger partial charge on any atom is -0.387 e. The molecular weight excluding hydrogens is 283 g/mol. The fraction of sp³-hybridized carbons (Fsp3) is 0.118. The van der Waals surface area contributed by atoms with E-state index in [9.17, 15) is 14.3 Å². The summed E-state index contributed by atoms with van der Waals surface area (Å²) in [7, 11) is 0. The van der Waals surface area contributed by atoms with Crippen LogP contribution in [0.25, 0.3) is 10.9 Å². The molecule has 3 aromatic rings. The van der Waals surface area contributed by atoms with Gasteiger partial charge in [0, 0.05) is 18.1 Å². The molecule has 3 N–H and O–H groups in total. The Bertz CT molecular complexity index is 813. The van der Waals surface area contributed by atoms with Crippen LogP contribution in [0.4, 0.5) is 4.39 Å². The van der Waals surface area contributed by atoms with Crippen molar-refractivity contribution in [1.82, 2.24) is 10.3 Å². The molecule has 22 heavy (non-hydrogen) atoms. The minimum absolute atomic E-state index is 0.0133. The van der Waals surface area contributed by atoms with Crippen molar-refractivity contribution in [2.45, 2.75) is 6.10 Å². The molecule has 0 aliphatic carbocycles. The number of carbonyl (C=O) groups excluding carboxylic acids is 1. The van der Waals surface area contributed by atoms with E-state index in [0.717, 1.165) is 10.9 Å². The molecule has 5 heteroatoms. The lowest BCUT2D eigenvalue weighted by Gasteiger charge is -2.12. The lowest BCUT2D eigenvalue weighted by molar-refractivity contribution is 0.0917. The highest BCUT2D eigenvalue weighted by Crippen LogP contribution is 2.17. The van der Waals surface area contributed by atoms with E-state index in [1.54, 1.807) is 24.4 Å². The van der Waals surface area contributed by atoms with Gasteiger partial charge in [-0.1, -0.05) is 24.3 Å². The summed E-state index contributed by atoms with van der Waals surface area (Å²) >= 11 is 0. The van der Waals surface area contributed by atoms with Gasteiger partial charge in [-0.15, -0.1) is 0 Å². The number of aliphatic hydroxyl groups is 1. The third kappa shape index (κ3) is 2.84. The molecule has 1 unspecified atom stereocenters. The molecule has 1 aromatic heterocycles. The third-order valence-corrected chi connectivity index (χ3v) is 3.52. The van der Waals surface area contributed by atoms with E-state index in [2.05, 4.69) is 10.3 Å². The number of aliphatic hydroxyl groups excluding tert-OH is 1. The molecule has 0 fully saturated rings. The number of aromatic amines is 1. The second-order valence-electron chi connectivity index (χ2n) is 5.03. The second-order valence-corrected chi connectivity index (χ2v) is 5.03. The normalized spacial score (nSPS) is 12.3. The Balaban J connectivity index is 1.71. The molecule has 3 rings (SSSR count). The number of rotatable bonds is 4. The number of H-pyrrole nitrogens is 1. The van der Waals surface area contributed by atoms with Crippen LogP contribution in [0.2, 0.25) is 0 Å². The molecule has 1 amide bonds. The van der Waals surface area contributed by atoms with Gasteiger partial charge in [0.25, 0.3) is 5.91 Å². The molecule has 4 nitrogen and oxygen atoms in total. The monoisotopic (exact) mass is 298 g/mol. The molecule has 0 aliphatic heterocycles. The average Bonchev–Trinajstić information content (AvgIpc) is 3.00. The van der Waals surface area contributed by atoms with Crippen LogP contribution in [-0.4, -0.2) is 22.5 Å². The van der Waals surface area contributed by atoms with Crippen LogP contribution in [0.3, 0.4) is 0 Å². The predicted octanol–water partition coefficient (Wildman–Crippen LogP) is 2.77. The van der Waals surface area contributed by atoms with E-state index in [1.807, 2.05) is 12.1 Å². The number of benzene rings is 2. The summed E-state index contributed by atoms with van der Waals surface area (Å²) in [5.74, 6) is -0.706. The Kier molecular flexibility index (Phi) is 3.89. The topological polar surface area (TPSA) is 65.1 Å². The minimum atomic E-state index is -0.956. The number of hydrogen-bond acceptors (Lipinski definition) is 2. The van der Waals surface area contributed by atoms with Gasteiger partial charge in [-0.25, -0.2) is 4.39 Å². The SMILES string of the molecule is O=C(NCC(O)c1cccc(F)c1)c1cccc2cc[nH]c12. The van der Waals surface area contributed by atoms with Gasteiger partial charge in [-0.3, -0.25) is 4.79 Å². The van der Waals surface area contributed by atoms with Crippen molar-refractivity contribution in [3.05, 3.63) is 71.7 Å². The van der Waals surface area contributed by atoms with Crippen LogP contribution >= 0.6 is 0 Å². The first-order valence-electron chi connectivity index (χ1n) is 6.93. The molecule has 0 bridgehead atoms. The molecule has 0 saturated carbocycles. The number of amides is 1. The van der Waals surface area contributed by atoms with Gasteiger partial charge in [0.1, 0.15) is 5.82 Å². The number of fused-ring (bicyclic) bond motifs is 1. The van der Waals surface area contributed by atoms with Gasteiger partial charge in [-0.2, -0.15) is 0 Å². The number of para-hydroxylation sites is 1. The summed E-state index contributed by atoms with van der Waals surface area (Å²) in [4.78, 5) is 15.3. The highest BCUT2D eigenvalue weighted by molar-refractivity contribution is 6.05. The first kappa shape index (κ1) is 14.3. The van der Waals surface area contributed by atoms with Crippen molar-refractivity contribution in [2.24, 2.45) is 0 Å². The molecule has 0 spiro atoms. The van der Waals surface area contributed by atoms with Crippen molar-refractivity contribution in [3.8, 4) is 0 Å². The zero-order chi connectivity index (χ0) is 15.5. The summed E-state index contributed by atoms with van der Waals surface area (Å²) < 4.78 is 13.1. The fourth-order valence-electron chi connectivity index (χ4n) is 2.39. The standard InChI is InChI=1S/C17H15FN2O2/c18-13-5-1-4-12(9-13)15(21)10-20-17(22)14-6-2-3-11-7-8-19-16(11)14/h1-9,15,19,21H,10H2,(H,20,22). The first-order chi connectivity index (χ1) is 10.6. The summed E-state index contributed by atoms with van der Waals surface area (Å²) in [6.07, 6.45) is 0.811. The van der Waals surface area contributed by atoms with Crippen LogP contribution in [0.5, 0.6) is 0 Å². The molecule has 1 atom stereocenters. The Morgan fingerprint density at radius 1 is 1.23 bits per heavy atom. The van der Waals surface area contributed by atoms with Crippen molar-refractivity contribution < 1.29 is 14.3 Å². The predicted molar refractivity (Wildman–Crippen MR) is 82.0 cm³/mol. The zero-order valence-corrected chi connectivity index (χ0v) is 11.7. The van der Waals surface area contributed by atoms with E-state index in [4.69, 9.17) is 0 Å². The molecule has 2 aromatic carbocycles. The summed E-state index contributed by atoms with van der Waals surface area (Å²) in [5.41, 5.74) is 1.69. The number of halogens is 1. The van der Waals surface area contributed by atoms with Crippen LogP contribution in [0.15, 0.2) is 54.7 Å².